The van der Waals surface area contributed by atoms with Gasteiger partial charge in [0.25, 0.3) is 0 Å². The van der Waals surface area contributed by atoms with Gasteiger partial charge >= 0.3 is 0 Å². The molecular formula is C21H14Cl2O3S. The molecule has 1 aliphatic heterocycles. The molecule has 0 fully saturated rings. The van der Waals surface area contributed by atoms with Gasteiger partial charge in [0.05, 0.1) is 5.56 Å². The summed E-state index contributed by atoms with van der Waals surface area (Å²) in [5.41, 5.74) is 2.16. The van der Waals surface area contributed by atoms with Gasteiger partial charge in [-0.3, -0.25) is 4.79 Å². The van der Waals surface area contributed by atoms with E-state index in [4.69, 9.17) is 32.7 Å². The Hall–Kier alpha value is -2.27. The molecule has 1 aliphatic rings. The van der Waals surface area contributed by atoms with E-state index in [1.54, 1.807) is 41.7 Å². The molecule has 4 rings (SSSR count). The monoisotopic (exact) mass is 416 g/mol. The molecule has 27 heavy (non-hydrogen) atoms. The zero-order chi connectivity index (χ0) is 19.0. The van der Waals surface area contributed by atoms with Crippen molar-refractivity contribution in [3.63, 3.8) is 0 Å². The Labute approximate surface area is 170 Å². The van der Waals surface area contributed by atoms with Crippen molar-refractivity contribution in [2.75, 3.05) is 0 Å². The largest absolute Gasteiger partial charge is 0.488 e. The van der Waals surface area contributed by atoms with Gasteiger partial charge in [-0.25, -0.2) is 0 Å². The van der Waals surface area contributed by atoms with Gasteiger partial charge in [0.1, 0.15) is 18.1 Å². The third-order valence-corrected chi connectivity index (χ3v) is 5.66. The summed E-state index contributed by atoms with van der Waals surface area (Å²) in [4.78, 5) is 13.6. The van der Waals surface area contributed by atoms with E-state index >= 15 is 0 Å². The Morgan fingerprint density at radius 2 is 2.04 bits per heavy atom. The predicted molar refractivity (Wildman–Crippen MR) is 109 cm³/mol. The van der Waals surface area contributed by atoms with Crippen LogP contribution in [0.2, 0.25) is 10.0 Å². The molecule has 0 spiro atoms. The number of hydrogen-bond acceptors (Lipinski definition) is 4. The van der Waals surface area contributed by atoms with Gasteiger partial charge in [-0.2, -0.15) is 0 Å². The summed E-state index contributed by atoms with van der Waals surface area (Å²) in [7, 11) is 0. The minimum absolute atomic E-state index is 0.117. The quantitative estimate of drug-likeness (QED) is 0.451. The van der Waals surface area contributed by atoms with Crippen molar-refractivity contribution >= 4 is 46.4 Å². The fourth-order valence-electron chi connectivity index (χ4n) is 2.82. The number of carbonyl (C=O) groups excluding carboxylic acids is 1. The van der Waals surface area contributed by atoms with Crippen LogP contribution in [0.4, 0.5) is 0 Å². The zero-order valence-corrected chi connectivity index (χ0v) is 16.6. The summed E-state index contributed by atoms with van der Waals surface area (Å²) in [5, 5.41) is 3.08. The lowest BCUT2D eigenvalue weighted by atomic mass is 10.1. The topological polar surface area (TPSA) is 35.5 Å². The van der Waals surface area contributed by atoms with Crippen LogP contribution < -0.4 is 9.47 Å². The predicted octanol–water partition coefficient (Wildman–Crippen LogP) is 6.56. The number of benzene rings is 2. The van der Waals surface area contributed by atoms with E-state index in [1.165, 1.54) is 0 Å². The van der Waals surface area contributed by atoms with Crippen molar-refractivity contribution in [2.24, 2.45) is 0 Å². The van der Waals surface area contributed by atoms with Crippen LogP contribution in [0.25, 0.3) is 6.08 Å². The number of ether oxygens (including phenoxy) is 2. The SMILES string of the molecule is Cc1c(OCc2ccc(Cl)cc2Cl)ccc2c1O/C(=C\c1cccs1)C2=O. The van der Waals surface area contributed by atoms with E-state index in [9.17, 15) is 4.79 Å². The molecule has 2 aromatic carbocycles. The second-order valence-electron chi connectivity index (χ2n) is 6.04. The van der Waals surface area contributed by atoms with Gasteiger partial charge in [-0.15, -0.1) is 11.3 Å². The van der Waals surface area contributed by atoms with Crippen molar-refractivity contribution in [1.29, 1.82) is 0 Å². The number of Topliss-reactive ketones (excluding diaryl/α,β-unsaturated/α-hetero) is 1. The van der Waals surface area contributed by atoms with Crippen molar-refractivity contribution in [1.82, 2.24) is 0 Å². The van der Waals surface area contributed by atoms with E-state index in [1.807, 2.05) is 30.5 Å². The molecular weight excluding hydrogens is 403 g/mol. The summed E-state index contributed by atoms with van der Waals surface area (Å²) in [5.74, 6) is 1.40. The molecule has 0 bridgehead atoms. The Balaban J connectivity index is 1.57. The van der Waals surface area contributed by atoms with Crippen LogP contribution in [0, 0.1) is 6.92 Å². The standard InChI is InChI=1S/C21H14Cl2O3S/c1-12-18(25-11-13-4-5-14(22)9-17(13)23)7-6-16-20(24)19(26-21(12)16)10-15-3-2-8-27-15/h2-10H,11H2,1H3/b19-10-. The van der Waals surface area contributed by atoms with Crippen LogP contribution in [0.1, 0.15) is 26.4 Å². The third kappa shape index (κ3) is 3.61. The first kappa shape index (κ1) is 18.1. The molecule has 136 valence electrons. The van der Waals surface area contributed by atoms with Crippen LogP contribution in [-0.4, -0.2) is 5.78 Å². The molecule has 0 saturated heterocycles. The Bertz CT molecular complexity index is 1060. The van der Waals surface area contributed by atoms with Crippen LogP contribution in [0.5, 0.6) is 11.5 Å². The second kappa shape index (κ2) is 7.39. The lowest BCUT2D eigenvalue weighted by Gasteiger charge is -2.12. The van der Waals surface area contributed by atoms with E-state index in [2.05, 4.69) is 0 Å². The Morgan fingerprint density at radius 1 is 1.19 bits per heavy atom. The fourth-order valence-corrected chi connectivity index (χ4v) is 3.93. The summed E-state index contributed by atoms with van der Waals surface area (Å²) in [6, 6.07) is 12.7. The van der Waals surface area contributed by atoms with Gasteiger partial charge in [0, 0.05) is 32.1 Å². The maximum atomic E-state index is 12.6. The van der Waals surface area contributed by atoms with Crippen LogP contribution in [0.3, 0.4) is 0 Å². The normalized spacial score (nSPS) is 14.3. The molecule has 3 nitrogen and oxygen atoms in total. The van der Waals surface area contributed by atoms with Gasteiger partial charge < -0.3 is 9.47 Å². The number of carbonyl (C=O) groups is 1. The lowest BCUT2D eigenvalue weighted by Crippen LogP contribution is -1.99. The Kier molecular flexibility index (Phi) is 4.96. The number of hydrogen-bond donors (Lipinski definition) is 0. The average molecular weight is 417 g/mol. The first-order valence-corrected chi connectivity index (χ1v) is 9.84. The van der Waals surface area contributed by atoms with Crippen molar-refractivity contribution in [2.45, 2.75) is 13.5 Å². The highest BCUT2D eigenvalue weighted by Gasteiger charge is 2.30. The molecule has 0 saturated carbocycles. The second-order valence-corrected chi connectivity index (χ2v) is 7.87. The van der Waals surface area contributed by atoms with Gasteiger partial charge in [0.2, 0.25) is 5.78 Å². The molecule has 2 heterocycles. The molecule has 0 N–H and O–H groups in total. The van der Waals surface area contributed by atoms with E-state index in [0.717, 1.165) is 16.0 Å². The first-order chi connectivity index (χ1) is 13.0. The number of halogens is 2. The smallest absolute Gasteiger partial charge is 0.232 e. The van der Waals surface area contributed by atoms with Gasteiger partial charge in [-0.05, 0) is 42.6 Å². The highest BCUT2D eigenvalue weighted by atomic mass is 35.5. The van der Waals surface area contributed by atoms with E-state index < -0.39 is 0 Å². The molecule has 0 radical (unpaired) electrons. The summed E-state index contributed by atoms with van der Waals surface area (Å²) in [6.07, 6.45) is 1.76. The average Bonchev–Trinajstić information content (AvgIpc) is 3.26. The number of ketones is 1. The van der Waals surface area contributed by atoms with Crippen molar-refractivity contribution < 1.29 is 14.3 Å². The molecule has 3 aromatic rings. The number of allylic oxidation sites excluding steroid dienone is 1. The zero-order valence-electron chi connectivity index (χ0n) is 14.3. The summed E-state index contributed by atoms with van der Waals surface area (Å²) >= 11 is 13.7. The molecule has 0 unspecified atom stereocenters. The molecule has 6 heteroatoms. The highest BCUT2D eigenvalue weighted by Crippen LogP contribution is 2.39. The highest BCUT2D eigenvalue weighted by molar-refractivity contribution is 7.10. The third-order valence-electron chi connectivity index (χ3n) is 4.25. The summed E-state index contributed by atoms with van der Waals surface area (Å²) in [6.45, 7) is 2.17. The Morgan fingerprint density at radius 3 is 2.78 bits per heavy atom. The van der Waals surface area contributed by atoms with Crippen molar-refractivity contribution in [3.05, 3.63) is 85.2 Å². The molecule has 0 amide bonds. The van der Waals surface area contributed by atoms with Crippen LogP contribution >= 0.6 is 34.5 Å². The number of rotatable bonds is 4. The van der Waals surface area contributed by atoms with E-state index in [-0.39, 0.29) is 5.78 Å². The molecule has 0 atom stereocenters. The number of thiophene rings is 1. The van der Waals surface area contributed by atoms with Gasteiger partial charge in [-0.1, -0.05) is 35.3 Å². The summed E-state index contributed by atoms with van der Waals surface area (Å²) < 4.78 is 11.8. The first-order valence-electron chi connectivity index (χ1n) is 8.21. The number of fused-ring (bicyclic) bond motifs is 1. The maximum absolute atomic E-state index is 12.6. The molecule has 0 aliphatic carbocycles. The van der Waals surface area contributed by atoms with E-state index in [0.29, 0.717) is 39.5 Å². The van der Waals surface area contributed by atoms with Crippen molar-refractivity contribution in [3.8, 4) is 11.5 Å². The molecule has 1 aromatic heterocycles. The van der Waals surface area contributed by atoms with Crippen LogP contribution in [0.15, 0.2) is 53.6 Å². The van der Waals surface area contributed by atoms with Crippen LogP contribution in [-0.2, 0) is 6.61 Å². The fraction of sp³-hybridized carbons (Fsp3) is 0.0952. The lowest BCUT2D eigenvalue weighted by molar-refractivity contribution is 0.101. The minimum Gasteiger partial charge on any atom is -0.488 e. The van der Waals surface area contributed by atoms with Gasteiger partial charge in [0.15, 0.2) is 5.76 Å². The maximum Gasteiger partial charge on any atom is 0.232 e. The minimum atomic E-state index is -0.117.